The van der Waals surface area contributed by atoms with Crippen LogP contribution in [0.3, 0.4) is 0 Å². The van der Waals surface area contributed by atoms with Crippen LogP contribution in [0.1, 0.15) is 10.5 Å². The number of aryl methyl sites for hydroxylation is 1. The van der Waals surface area contributed by atoms with Crippen LogP contribution in [0.15, 0.2) is 58.2 Å². The predicted molar refractivity (Wildman–Crippen MR) is 94.5 cm³/mol. The summed E-state index contributed by atoms with van der Waals surface area (Å²) in [5.74, 6) is -0.530. The van der Waals surface area contributed by atoms with Crippen molar-refractivity contribution in [1.82, 2.24) is 9.78 Å². The molecular weight excluding hydrogens is 342 g/mol. The molecule has 0 aliphatic heterocycles. The molecule has 0 unspecified atom stereocenters. The van der Waals surface area contributed by atoms with E-state index >= 15 is 0 Å². The van der Waals surface area contributed by atoms with Gasteiger partial charge in [-0.1, -0.05) is 24.3 Å². The first kappa shape index (κ1) is 16.8. The fraction of sp³-hybridized carbons (Fsp3) is 0.118. The zero-order valence-corrected chi connectivity index (χ0v) is 14.4. The molecular formula is C17H15N3O4S. The third-order valence-corrected chi connectivity index (χ3v) is 4.80. The van der Waals surface area contributed by atoms with Crippen LogP contribution < -0.4 is 10.9 Å². The normalized spacial score (nSPS) is 11.4. The van der Waals surface area contributed by atoms with E-state index in [4.69, 9.17) is 0 Å². The number of nitrogens with zero attached hydrogens (tertiary/aromatic N) is 2. The molecule has 1 heterocycles. The number of carbonyl (C=O) groups is 1. The Bertz CT molecular complexity index is 1150. The molecule has 0 saturated heterocycles. The van der Waals surface area contributed by atoms with Crippen molar-refractivity contribution in [3.8, 4) is 0 Å². The zero-order chi connectivity index (χ0) is 18.2. The number of hydrogen-bond donors (Lipinski definition) is 1. The maximum atomic E-state index is 12.6. The molecule has 0 saturated carbocycles. The van der Waals surface area contributed by atoms with Gasteiger partial charge in [0.25, 0.3) is 11.5 Å². The van der Waals surface area contributed by atoms with Crippen LogP contribution in [0.2, 0.25) is 0 Å². The molecule has 0 aliphatic carbocycles. The summed E-state index contributed by atoms with van der Waals surface area (Å²) in [5.41, 5.74) is 0.112. The summed E-state index contributed by atoms with van der Waals surface area (Å²) in [6.07, 6.45) is 1.09. The van der Waals surface area contributed by atoms with E-state index in [1.165, 1.54) is 25.2 Å². The summed E-state index contributed by atoms with van der Waals surface area (Å²) in [6.45, 7) is 0. The second kappa shape index (κ2) is 6.14. The van der Waals surface area contributed by atoms with Crippen LogP contribution in [0.5, 0.6) is 0 Å². The molecule has 3 aromatic rings. The molecule has 7 nitrogen and oxygen atoms in total. The first-order valence-electron chi connectivity index (χ1n) is 7.35. The van der Waals surface area contributed by atoms with Gasteiger partial charge in [0.2, 0.25) is 0 Å². The number of nitrogens with one attached hydrogen (secondary N) is 1. The number of carbonyl (C=O) groups excluding carboxylic acids is 1. The van der Waals surface area contributed by atoms with E-state index in [9.17, 15) is 18.0 Å². The summed E-state index contributed by atoms with van der Waals surface area (Å²) in [5, 5.41) is 7.49. The standard InChI is InChI=1S/C17H15N3O4S/c1-20-17(22)14-9-4-3-8-13(14)15(19-20)16(21)18-11-6-5-7-12(10-11)25(2,23)24/h3-10H,1-2H3,(H,18,21). The minimum atomic E-state index is -3.39. The van der Waals surface area contributed by atoms with Crippen LogP contribution >= 0.6 is 0 Å². The lowest BCUT2D eigenvalue weighted by Gasteiger charge is -2.09. The van der Waals surface area contributed by atoms with Gasteiger partial charge in [-0.25, -0.2) is 13.1 Å². The lowest BCUT2D eigenvalue weighted by molar-refractivity contribution is 0.102. The van der Waals surface area contributed by atoms with Gasteiger partial charge in [0.15, 0.2) is 15.5 Å². The summed E-state index contributed by atoms with van der Waals surface area (Å²) in [6, 6.07) is 12.6. The molecule has 0 radical (unpaired) electrons. The van der Waals surface area contributed by atoms with E-state index in [-0.39, 0.29) is 16.1 Å². The van der Waals surface area contributed by atoms with E-state index in [1.807, 2.05) is 0 Å². The van der Waals surface area contributed by atoms with Gasteiger partial charge in [0, 0.05) is 24.4 Å². The van der Waals surface area contributed by atoms with Gasteiger partial charge >= 0.3 is 0 Å². The van der Waals surface area contributed by atoms with Crippen LogP contribution in [0.25, 0.3) is 10.8 Å². The van der Waals surface area contributed by atoms with Gasteiger partial charge in [-0.3, -0.25) is 9.59 Å². The van der Waals surface area contributed by atoms with Crippen molar-refractivity contribution >= 4 is 32.2 Å². The predicted octanol–water partition coefficient (Wildman–Crippen LogP) is 1.59. The minimum absolute atomic E-state index is 0.0856. The SMILES string of the molecule is Cn1nc(C(=O)Nc2cccc(S(C)(=O)=O)c2)c2ccccc2c1=O. The lowest BCUT2D eigenvalue weighted by Crippen LogP contribution is -2.25. The molecule has 0 spiro atoms. The number of amides is 1. The monoisotopic (exact) mass is 357 g/mol. The molecule has 25 heavy (non-hydrogen) atoms. The van der Waals surface area contributed by atoms with E-state index in [0.29, 0.717) is 16.5 Å². The number of hydrogen-bond acceptors (Lipinski definition) is 5. The van der Waals surface area contributed by atoms with E-state index in [1.54, 1.807) is 30.3 Å². The van der Waals surface area contributed by atoms with Crippen molar-refractivity contribution in [2.24, 2.45) is 7.05 Å². The highest BCUT2D eigenvalue weighted by molar-refractivity contribution is 7.90. The maximum Gasteiger partial charge on any atom is 0.276 e. The molecule has 8 heteroatoms. The van der Waals surface area contributed by atoms with Gasteiger partial charge in [0.1, 0.15) is 0 Å². The van der Waals surface area contributed by atoms with Gasteiger partial charge in [-0.15, -0.1) is 0 Å². The lowest BCUT2D eigenvalue weighted by atomic mass is 10.1. The zero-order valence-electron chi connectivity index (χ0n) is 13.6. The maximum absolute atomic E-state index is 12.6. The second-order valence-corrected chi connectivity index (χ2v) is 7.59. The van der Waals surface area contributed by atoms with Crippen molar-refractivity contribution in [1.29, 1.82) is 0 Å². The first-order chi connectivity index (χ1) is 11.8. The molecule has 0 fully saturated rings. The van der Waals surface area contributed by atoms with Gasteiger partial charge in [0.05, 0.1) is 10.3 Å². The Balaban J connectivity index is 2.05. The Morgan fingerprint density at radius 2 is 1.76 bits per heavy atom. The molecule has 128 valence electrons. The molecule has 0 atom stereocenters. The van der Waals surface area contributed by atoms with E-state index in [0.717, 1.165) is 10.9 Å². The Morgan fingerprint density at radius 1 is 1.08 bits per heavy atom. The molecule has 1 aromatic heterocycles. The third kappa shape index (κ3) is 3.29. The molecule has 1 N–H and O–H groups in total. The van der Waals surface area contributed by atoms with E-state index < -0.39 is 15.7 Å². The quantitative estimate of drug-likeness (QED) is 0.767. The van der Waals surface area contributed by atoms with Crippen LogP contribution in [0, 0.1) is 0 Å². The molecule has 1 amide bonds. The summed E-state index contributed by atoms with van der Waals surface area (Å²) < 4.78 is 24.4. The number of aromatic nitrogens is 2. The summed E-state index contributed by atoms with van der Waals surface area (Å²) in [7, 11) is -1.92. The number of anilines is 1. The molecule has 0 bridgehead atoms. The minimum Gasteiger partial charge on any atom is -0.321 e. The first-order valence-corrected chi connectivity index (χ1v) is 9.24. The smallest absolute Gasteiger partial charge is 0.276 e. The summed E-state index contributed by atoms with van der Waals surface area (Å²) >= 11 is 0. The Hall–Kier alpha value is -3.00. The van der Waals surface area contributed by atoms with E-state index in [2.05, 4.69) is 10.4 Å². The Kier molecular flexibility index (Phi) is 4.13. The van der Waals surface area contributed by atoms with Crippen molar-refractivity contribution in [3.63, 3.8) is 0 Å². The highest BCUT2D eigenvalue weighted by Crippen LogP contribution is 2.18. The van der Waals surface area contributed by atoms with Gasteiger partial charge < -0.3 is 5.32 Å². The average molecular weight is 357 g/mol. The fourth-order valence-electron chi connectivity index (χ4n) is 2.46. The van der Waals surface area contributed by atoms with Crippen LogP contribution in [0.4, 0.5) is 5.69 Å². The average Bonchev–Trinajstić information content (AvgIpc) is 2.57. The highest BCUT2D eigenvalue weighted by Gasteiger charge is 2.16. The molecule has 0 aliphatic rings. The van der Waals surface area contributed by atoms with Crippen LogP contribution in [-0.4, -0.2) is 30.4 Å². The van der Waals surface area contributed by atoms with Crippen molar-refractivity contribution in [3.05, 3.63) is 64.6 Å². The molecule has 3 rings (SSSR count). The molecule has 2 aromatic carbocycles. The van der Waals surface area contributed by atoms with Crippen molar-refractivity contribution < 1.29 is 13.2 Å². The summed E-state index contributed by atoms with van der Waals surface area (Å²) in [4.78, 5) is 24.8. The van der Waals surface area contributed by atoms with Gasteiger partial charge in [-0.05, 0) is 24.3 Å². The van der Waals surface area contributed by atoms with Crippen LogP contribution in [-0.2, 0) is 16.9 Å². The number of fused-ring (bicyclic) bond motifs is 1. The largest absolute Gasteiger partial charge is 0.321 e. The highest BCUT2D eigenvalue weighted by atomic mass is 32.2. The third-order valence-electron chi connectivity index (χ3n) is 3.69. The number of rotatable bonds is 3. The Labute approximate surface area is 143 Å². The van der Waals surface area contributed by atoms with Crippen molar-refractivity contribution in [2.75, 3.05) is 11.6 Å². The van der Waals surface area contributed by atoms with Gasteiger partial charge in [-0.2, -0.15) is 5.10 Å². The number of sulfone groups is 1. The second-order valence-electron chi connectivity index (χ2n) is 5.58. The Morgan fingerprint density at radius 3 is 2.44 bits per heavy atom. The number of benzene rings is 2. The topological polar surface area (TPSA) is 98.1 Å². The fourth-order valence-corrected chi connectivity index (χ4v) is 3.13. The van der Waals surface area contributed by atoms with Crippen molar-refractivity contribution in [2.45, 2.75) is 4.90 Å².